The lowest BCUT2D eigenvalue weighted by molar-refractivity contribution is -0.144. The highest BCUT2D eigenvalue weighted by atomic mass is 16.6. The van der Waals surface area contributed by atoms with Crippen molar-refractivity contribution in [1.29, 1.82) is 0 Å². The molecule has 1 unspecified atom stereocenters. The summed E-state index contributed by atoms with van der Waals surface area (Å²) in [7, 11) is 1.61. The Kier molecular flexibility index (Phi) is 7.02. The molecule has 0 aromatic heterocycles. The fourth-order valence-electron chi connectivity index (χ4n) is 3.00. The Hall–Kier alpha value is -2.63. The van der Waals surface area contributed by atoms with E-state index >= 15 is 0 Å². The summed E-state index contributed by atoms with van der Waals surface area (Å²) in [6.07, 6.45) is 3.05. The second kappa shape index (κ2) is 9.90. The number of hydrogen-bond donors (Lipinski definition) is 0. The molecule has 2 aromatic rings. The molecule has 1 heterocycles. The molecule has 27 heavy (non-hydrogen) atoms. The molecule has 0 N–H and O–H groups in total. The molecule has 1 aliphatic rings. The molecule has 0 radical (unpaired) electrons. The predicted molar refractivity (Wildman–Crippen MR) is 104 cm³/mol. The van der Waals surface area contributed by atoms with E-state index in [1.807, 2.05) is 42.5 Å². The van der Waals surface area contributed by atoms with Crippen molar-refractivity contribution in [3.05, 3.63) is 71.8 Å². The first-order valence-corrected chi connectivity index (χ1v) is 9.10. The molecular weight excluding hydrogens is 342 g/mol. The van der Waals surface area contributed by atoms with Crippen molar-refractivity contribution < 1.29 is 19.0 Å². The van der Waals surface area contributed by atoms with Gasteiger partial charge in [-0.25, -0.2) is 4.79 Å². The molecule has 1 aliphatic heterocycles. The van der Waals surface area contributed by atoms with Crippen LogP contribution in [0, 0.1) is 0 Å². The van der Waals surface area contributed by atoms with Crippen LogP contribution in [-0.2, 0) is 20.8 Å². The first-order chi connectivity index (χ1) is 13.2. The number of ether oxygens (including phenoxy) is 3. The van der Waals surface area contributed by atoms with Crippen LogP contribution in [0.25, 0.3) is 6.08 Å². The summed E-state index contributed by atoms with van der Waals surface area (Å²) in [5, 5.41) is 0. The van der Waals surface area contributed by atoms with Gasteiger partial charge in [-0.05, 0) is 29.3 Å². The van der Waals surface area contributed by atoms with Crippen molar-refractivity contribution in [2.45, 2.75) is 12.6 Å². The van der Waals surface area contributed by atoms with Crippen LogP contribution in [0.4, 0.5) is 0 Å². The first kappa shape index (κ1) is 19.1. The highest BCUT2D eigenvalue weighted by Gasteiger charge is 2.21. The van der Waals surface area contributed by atoms with Gasteiger partial charge in [0, 0.05) is 25.7 Å². The lowest BCUT2D eigenvalue weighted by atomic mass is 10.2. The zero-order chi connectivity index (χ0) is 18.9. The lowest BCUT2D eigenvalue weighted by Gasteiger charge is -2.32. The van der Waals surface area contributed by atoms with E-state index in [0.29, 0.717) is 6.61 Å². The summed E-state index contributed by atoms with van der Waals surface area (Å²) in [6, 6.07) is 17.8. The molecule has 2 aromatic carbocycles. The molecule has 0 saturated carbocycles. The van der Waals surface area contributed by atoms with Gasteiger partial charge in [-0.2, -0.15) is 0 Å². The number of morpholine rings is 1. The highest BCUT2D eigenvalue weighted by Crippen LogP contribution is 2.14. The van der Waals surface area contributed by atoms with Crippen molar-refractivity contribution in [1.82, 2.24) is 4.90 Å². The van der Waals surface area contributed by atoms with E-state index in [9.17, 15) is 4.79 Å². The number of carbonyl (C=O) groups excluding carboxylic acids is 1. The monoisotopic (exact) mass is 367 g/mol. The number of benzene rings is 2. The van der Waals surface area contributed by atoms with E-state index in [0.717, 1.165) is 30.9 Å². The van der Waals surface area contributed by atoms with Crippen LogP contribution in [0.2, 0.25) is 0 Å². The molecule has 142 valence electrons. The van der Waals surface area contributed by atoms with E-state index in [4.69, 9.17) is 14.2 Å². The third-order valence-electron chi connectivity index (χ3n) is 4.39. The number of methoxy groups -OCH3 is 1. The number of rotatable bonds is 7. The van der Waals surface area contributed by atoms with Crippen molar-refractivity contribution in [3.63, 3.8) is 0 Å². The maximum absolute atomic E-state index is 12.0. The first-order valence-electron chi connectivity index (χ1n) is 9.10. The second-order valence-corrected chi connectivity index (χ2v) is 6.45. The molecule has 1 fully saturated rings. The van der Waals surface area contributed by atoms with Crippen LogP contribution in [0.15, 0.2) is 60.7 Å². The van der Waals surface area contributed by atoms with Gasteiger partial charge in [0.25, 0.3) is 0 Å². The minimum Gasteiger partial charge on any atom is -0.497 e. The number of carbonyl (C=O) groups is 1. The molecule has 5 heteroatoms. The number of nitrogens with zero attached hydrogens (tertiary/aromatic N) is 1. The zero-order valence-electron chi connectivity index (χ0n) is 15.5. The molecule has 0 spiro atoms. The van der Waals surface area contributed by atoms with Gasteiger partial charge in [0.2, 0.25) is 0 Å². The van der Waals surface area contributed by atoms with Crippen LogP contribution in [-0.4, -0.2) is 50.4 Å². The Morgan fingerprint density at radius 1 is 1.22 bits per heavy atom. The Bertz CT molecular complexity index is 760. The topological polar surface area (TPSA) is 48.0 Å². The van der Waals surface area contributed by atoms with Crippen molar-refractivity contribution in [2.24, 2.45) is 0 Å². The van der Waals surface area contributed by atoms with Gasteiger partial charge in [0.15, 0.2) is 0 Å². The lowest BCUT2D eigenvalue weighted by Crippen LogP contribution is -2.44. The minimum atomic E-state index is -0.374. The molecule has 0 aliphatic carbocycles. The normalized spacial score (nSPS) is 17.7. The maximum Gasteiger partial charge on any atom is 0.330 e. The third kappa shape index (κ3) is 6.24. The van der Waals surface area contributed by atoms with Gasteiger partial charge in [0.1, 0.15) is 18.5 Å². The van der Waals surface area contributed by atoms with Crippen molar-refractivity contribution in [2.75, 3.05) is 33.4 Å². The minimum absolute atomic E-state index is 0.100. The summed E-state index contributed by atoms with van der Waals surface area (Å²) in [5.74, 6) is 0.376. The van der Waals surface area contributed by atoms with Crippen LogP contribution in [0.3, 0.4) is 0 Å². The average molecular weight is 367 g/mol. The summed E-state index contributed by atoms with van der Waals surface area (Å²) in [4.78, 5) is 14.3. The van der Waals surface area contributed by atoms with E-state index in [-0.39, 0.29) is 18.7 Å². The Morgan fingerprint density at radius 2 is 2.07 bits per heavy atom. The van der Waals surface area contributed by atoms with E-state index < -0.39 is 0 Å². The van der Waals surface area contributed by atoms with Gasteiger partial charge in [-0.1, -0.05) is 42.5 Å². The molecule has 5 nitrogen and oxygen atoms in total. The third-order valence-corrected chi connectivity index (χ3v) is 4.39. The summed E-state index contributed by atoms with van der Waals surface area (Å²) >= 11 is 0. The largest absolute Gasteiger partial charge is 0.497 e. The van der Waals surface area contributed by atoms with E-state index in [1.54, 1.807) is 13.2 Å². The Morgan fingerprint density at radius 3 is 2.89 bits per heavy atom. The van der Waals surface area contributed by atoms with Crippen LogP contribution < -0.4 is 4.74 Å². The van der Waals surface area contributed by atoms with Crippen LogP contribution >= 0.6 is 0 Å². The van der Waals surface area contributed by atoms with Crippen LogP contribution in [0.1, 0.15) is 11.1 Å². The SMILES string of the molecule is COc1cccc(/C=C/C(=O)OCC2CN(Cc3ccccc3)CCO2)c1. The molecule has 0 amide bonds. The Balaban J connectivity index is 1.44. The van der Waals surface area contributed by atoms with E-state index in [2.05, 4.69) is 17.0 Å². The highest BCUT2D eigenvalue weighted by molar-refractivity contribution is 5.87. The van der Waals surface area contributed by atoms with Gasteiger partial charge in [0.05, 0.1) is 13.7 Å². The number of esters is 1. The van der Waals surface area contributed by atoms with Gasteiger partial charge in [-0.15, -0.1) is 0 Å². The van der Waals surface area contributed by atoms with Gasteiger partial charge >= 0.3 is 5.97 Å². The predicted octanol–water partition coefficient (Wildman–Crippen LogP) is 3.15. The maximum atomic E-state index is 12.0. The fraction of sp³-hybridized carbons (Fsp3) is 0.318. The standard InChI is InChI=1S/C22H25NO4/c1-25-20-9-5-8-18(14-20)10-11-22(24)27-17-21-16-23(12-13-26-21)15-19-6-3-2-4-7-19/h2-11,14,21H,12-13,15-17H2,1H3/b11-10+. The van der Waals surface area contributed by atoms with E-state index in [1.165, 1.54) is 11.6 Å². The smallest absolute Gasteiger partial charge is 0.330 e. The van der Waals surface area contributed by atoms with Crippen LogP contribution in [0.5, 0.6) is 5.75 Å². The molecular formula is C22H25NO4. The van der Waals surface area contributed by atoms with Crippen molar-refractivity contribution in [3.8, 4) is 5.75 Å². The fourth-order valence-corrected chi connectivity index (χ4v) is 3.00. The summed E-state index contributed by atoms with van der Waals surface area (Å²) in [6.45, 7) is 3.42. The molecule has 1 saturated heterocycles. The second-order valence-electron chi connectivity index (χ2n) is 6.45. The average Bonchev–Trinajstić information content (AvgIpc) is 2.72. The van der Waals surface area contributed by atoms with Crippen molar-refractivity contribution >= 4 is 12.0 Å². The molecule has 0 bridgehead atoms. The summed E-state index contributed by atoms with van der Waals surface area (Å²) < 4.78 is 16.2. The molecule has 1 atom stereocenters. The molecule has 3 rings (SSSR count). The summed E-state index contributed by atoms with van der Waals surface area (Å²) in [5.41, 5.74) is 2.16. The van der Waals surface area contributed by atoms with Gasteiger partial charge in [-0.3, -0.25) is 4.90 Å². The Labute approximate surface area is 160 Å². The quantitative estimate of drug-likeness (QED) is 0.556. The zero-order valence-corrected chi connectivity index (χ0v) is 15.5. The van der Waals surface area contributed by atoms with Gasteiger partial charge < -0.3 is 14.2 Å². The number of hydrogen-bond acceptors (Lipinski definition) is 5.